The monoisotopic (exact) mass is 415 g/mol. The van der Waals surface area contributed by atoms with Gasteiger partial charge in [-0.1, -0.05) is 24.3 Å². The highest BCUT2D eigenvalue weighted by Crippen LogP contribution is 2.46. The molecule has 7 heteroatoms. The van der Waals surface area contributed by atoms with Gasteiger partial charge in [0.15, 0.2) is 0 Å². The molecule has 4 heterocycles. The number of aryl methyl sites for hydroxylation is 1. The van der Waals surface area contributed by atoms with Crippen LogP contribution in [0.2, 0.25) is 0 Å². The van der Waals surface area contributed by atoms with Crippen LogP contribution in [0, 0.1) is 18.8 Å². The average molecular weight is 415 g/mol. The number of hydrogen-bond acceptors (Lipinski definition) is 6. The maximum atomic E-state index is 13.5. The Hall–Kier alpha value is -3.48. The van der Waals surface area contributed by atoms with Crippen molar-refractivity contribution in [1.29, 1.82) is 0 Å². The molecule has 158 valence electrons. The van der Waals surface area contributed by atoms with E-state index in [9.17, 15) is 4.79 Å². The third-order valence-electron chi connectivity index (χ3n) is 6.47. The van der Waals surface area contributed by atoms with Crippen molar-refractivity contribution >= 4 is 11.9 Å². The van der Waals surface area contributed by atoms with Crippen LogP contribution in [0.1, 0.15) is 27.5 Å². The number of hydrogen-bond donors (Lipinski definition) is 0. The fourth-order valence-corrected chi connectivity index (χ4v) is 4.99. The molecule has 2 fully saturated rings. The second kappa shape index (κ2) is 7.98. The topological polar surface area (TPSA) is 71.5 Å². The van der Waals surface area contributed by atoms with E-state index < -0.39 is 0 Å². The summed E-state index contributed by atoms with van der Waals surface area (Å²) in [6.45, 7) is 4.46. The minimum Gasteiger partial charge on any atom is -0.481 e. The number of rotatable bonds is 4. The number of carbonyl (C=O) groups is 1. The molecule has 1 aromatic carbocycles. The van der Waals surface area contributed by atoms with Gasteiger partial charge in [-0.2, -0.15) is 4.98 Å². The van der Waals surface area contributed by atoms with Gasteiger partial charge in [0.2, 0.25) is 11.8 Å². The highest BCUT2D eigenvalue weighted by Gasteiger charge is 2.50. The zero-order chi connectivity index (χ0) is 21.4. The van der Waals surface area contributed by atoms with Gasteiger partial charge in [-0.25, -0.2) is 4.98 Å². The minimum absolute atomic E-state index is 0.0162. The van der Waals surface area contributed by atoms with E-state index in [4.69, 9.17) is 4.74 Å². The van der Waals surface area contributed by atoms with Gasteiger partial charge in [0, 0.05) is 61.7 Å². The van der Waals surface area contributed by atoms with E-state index in [1.165, 1.54) is 11.1 Å². The molecule has 1 amide bonds. The van der Waals surface area contributed by atoms with Crippen molar-refractivity contribution in [1.82, 2.24) is 19.9 Å². The summed E-state index contributed by atoms with van der Waals surface area (Å²) in [4.78, 5) is 30.8. The number of likely N-dealkylation sites (tertiary alicyclic amines) is 1. The van der Waals surface area contributed by atoms with Crippen molar-refractivity contribution in [2.24, 2.45) is 11.8 Å². The standard InChI is InChI=1S/C24H25N5O2/c1-16-5-3-4-6-19(16)22-20-15-28(24-26-12-9-21(27-24)31-2)13-18(20)14-29(22)23(30)17-7-10-25-11-8-17/h3-12,18,20,22H,13-15H2,1-2H3/t18-,20-,22+/m0/s1. The predicted octanol–water partition coefficient (Wildman–Crippen LogP) is 3.14. The van der Waals surface area contributed by atoms with Gasteiger partial charge in [0.05, 0.1) is 13.2 Å². The molecule has 0 aliphatic carbocycles. The van der Waals surface area contributed by atoms with Gasteiger partial charge in [-0.15, -0.1) is 0 Å². The van der Waals surface area contributed by atoms with Gasteiger partial charge in [0.1, 0.15) is 0 Å². The quantitative estimate of drug-likeness (QED) is 0.652. The van der Waals surface area contributed by atoms with Crippen LogP contribution >= 0.6 is 0 Å². The number of ether oxygens (including phenoxy) is 1. The Morgan fingerprint density at radius 3 is 2.61 bits per heavy atom. The van der Waals surface area contributed by atoms with Crippen molar-refractivity contribution < 1.29 is 9.53 Å². The van der Waals surface area contributed by atoms with Crippen molar-refractivity contribution in [2.45, 2.75) is 13.0 Å². The van der Waals surface area contributed by atoms with E-state index in [0.717, 1.165) is 13.1 Å². The number of carbonyl (C=O) groups excluding carboxylic acids is 1. The summed E-state index contributed by atoms with van der Waals surface area (Å²) >= 11 is 0. The molecular formula is C24H25N5O2. The molecule has 2 aromatic heterocycles. The maximum Gasteiger partial charge on any atom is 0.254 e. The zero-order valence-electron chi connectivity index (χ0n) is 17.7. The van der Waals surface area contributed by atoms with Crippen molar-refractivity contribution in [3.63, 3.8) is 0 Å². The van der Waals surface area contributed by atoms with Crippen LogP contribution in [-0.2, 0) is 0 Å². The minimum atomic E-state index is 0.0162. The Labute approximate surface area is 181 Å². The lowest BCUT2D eigenvalue weighted by Crippen LogP contribution is -2.36. The van der Waals surface area contributed by atoms with E-state index in [-0.39, 0.29) is 11.9 Å². The molecule has 0 N–H and O–H groups in total. The number of benzene rings is 1. The molecule has 0 saturated carbocycles. The van der Waals surface area contributed by atoms with Crippen LogP contribution in [0.3, 0.4) is 0 Å². The van der Waals surface area contributed by atoms with E-state index in [1.54, 1.807) is 43.9 Å². The number of amides is 1. The number of aromatic nitrogens is 3. The van der Waals surface area contributed by atoms with Crippen LogP contribution in [0.15, 0.2) is 61.1 Å². The number of anilines is 1. The van der Waals surface area contributed by atoms with Gasteiger partial charge in [-0.3, -0.25) is 9.78 Å². The molecule has 2 aliphatic rings. The van der Waals surface area contributed by atoms with Gasteiger partial charge >= 0.3 is 0 Å². The second-order valence-electron chi connectivity index (χ2n) is 8.22. The van der Waals surface area contributed by atoms with Crippen molar-refractivity contribution in [3.05, 3.63) is 77.7 Å². The van der Waals surface area contributed by atoms with Crippen molar-refractivity contribution in [3.8, 4) is 5.88 Å². The van der Waals surface area contributed by atoms with E-state index in [1.807, 2.05) is 6.07 Å². The molecule has 3 atom stereocenters. The summed E-state index contributed by atoms with van der Waals surface area (Å²) < 4.78 is 5.28. The molecule has 0 spiro atoms. The molecule has 2 saturated heterocycles. The van der Waals surface area contributed by atoms with Crippen molar-refractivity contribution in [2.75, 3.05) is 31.6 Å². The maximum absolute atomic E-state index is 13.5. The van der Waals surface area contributed by atoms with Crippen LogP contribution in [0.25, 0.3) is 0 Å². The SMILES string of the molecule is COc1ccnc(N2C[C@H]3CN(C(=O)c4ccncc4)[C@H](c4ccccc4C)[C@H]3C2)n1. The van der Waals surface area contributed by atoms with Gasteiger partial charge in [-0.05, 0) is 30.2 Å². The number of nitrogens with zero attached hydrogens (tertiary/aromatic N) is 5. The smallest absolute Gasteiger partial charge is 0.254 e. The second-order valence-corrected chi connectivity index (χ2v) is 8.22. The van der Waals surface area contributed by atoms with Crippen LogP contribution in [0.4, 0.5) is 5.95 Å². The molecule has 0 unspecified atom stereocenters. The summed E-state index contributed by atoms with van der Waals surface area (Å²) in [6.07, 6.45) is 5.08. The van der Waals surface area contributed by atoms with E-state index in [0.29, 0.717) is 35.8 Å². The molecule has 7 nitrogen and oxygen atoms in total. The first-order valence-electron chi connectivity index (χ1n) is 10.5. The normalized spacial score (nSPS) is 22.5. The first kappa shape index (κ1) is 19.5. The summed E-state index contributed by atoms with van der Waals surface area (Å²) in [5.74, 6) is 1.97. The number of fused-ring (bicyclic) bond motifs is 1. The van der Waals surface area contributed by atoms with Gasteiger partial charge < -0.3 is 14.5 Å². The number of methoxy groups -OCH3 is 1. The van der Waals surface area contributed by atoms with Crippen LogP contribution in [0.5, 0.6) is 5.88 Å². The molecule has 2 aliphatic heterocycles. The first-order valence-corrected chi connectivity index (χ1v) is 10.5. The lowest BCUT2D eigenvalue weighted by molar-refractivity contribution is 0.0715. The molecule has 5 rings (SSSR count). The Bertz CT molecular complexity index is 1090. The molecular weight excluding hydrogens is 390 g/mol. The average Bonchev–Trinajstić information content (AvgIpc) is 3.38. The third kappa shape index (κ3) is 3.50. The Kier molecular flexibility index (Phi) is 5.02. The van der Waals surface area contributed by atoms with Crippen LogP contribution in [-0.4, -0.2) is 52.5 Å². The summed E-state index contributed by atoms with van der Waals surface area (Å²) in [5.41, 5.74) is 3.10. The zero-order valence-corrected chi connectivity index (χ0v) is 17.7. The highest BCUT2D eigenvalue weighted by atomic mass is 16.5. The molecule has 0 bridgehead atoms. The fourth-order valence-electron chi connectivity index (χ4n) is 4.99. The largest absolute Gasteiger partial charge is 0.481 e. The van der Waals surface area contributed by atoms with Crippen LogP contribution < -0.4 is 9.64 Å². The Morgan fingerprint density at radius 2 is 1.84 bits per heavy atom. The fraction of sp³-hybridized carbons (Fsp3) is 0.333. The van der Waals surface area contributed by atoms with Gasteiger partial charge in [0.25, 0.3) is 5.91 Å². The van der Waals surface area contributed by atoms with E-state index in [2.05, 4.69) is 49.9 Å². The Balaban J connectivity index is 1.48. The molecule has 31 heavy (non-hydrogen) atoms. The third-order valence-corrected chi connectivity index (χ3v) is 6.47. The predicted molar refractivity (Wildman–Crippen MR) is 117 cm³/mol. The summed E-state index contributed by atoms with van der Waals surface area (Å²) in [6, 6.07) is 13.7. The molecule has 0 radical (unpaired) electrons. The molecule has 3 aromatic rings. The highest BCUT2D eigenvalue weighted by molar-refractivity contribution is 5.94. The van der Waals surface area contributed by atoms with E-state index >= 15 is 0 Å². The Morgan fingerprint density at radius 1 is 1.03 bits per heavy atom. The lowest BCUT2D eigenvalue weighted by Gasteiger charge is -2.31. The first-order chi connectivity index (χ1) is 15.2. The summed E-state index contributed by atoms with van der Waals surface area (Å²) in [7, 11) is 1.61. The lowest BCUT2D eigenvalue weighted by atomic mass is 9.87. The number of pyridine rings is 1. The summed E-state index contributed by atoms with van der Waals surface area (Å²) in [5, 5.41) is 0.